The summed E-state index contributed by atoms with van der Waals surface area (Å²) in [5.74, 6) is -4.69. The van der Waals surface area contributed by atoms with E-state index in [1.54, 1.807) is 6.92 Å². The van der Waals surface area contributed by atoms with E-state index in [1.807, 2.05) is 30.3 Å². The maximum absolute atomic E-state index is 13.2. The van der Waals surface area contributed by atoms with Crippen LogP contribution in [-0.2, 0) is 35.0 Å². The molecular formula is C27H30N2O10. The molecule has 2 heterocycles. The van der Waals surface area contributed by atoms with Gasteiger partial charge < -0.3 is 34.1 Å². The number of carboxylic acids is 1. The fourth-order valence-electron chi connectivity index (χ4n) is 3.99. The molecule has 208 valence electrons. The Labute approximate surface area is 224 Å². The Morgan fingerprint density at radius 1 is 1.21 bits per heavy atom. The van der Waals surface area contributed by atoms with Crippen LogP contribution in [0.15, 0.2) is 55.3 Å². The molecule has 3 rings (SSSR count). The summed E-state index contributed by atoms with van der Waals surface area (Å²) >= 11 is 0. The number of nitrogens with zero attached hydrogens (tertiary/aromatic N) is 1. The van der Waals surface area contributed by atoms with Crippen LogP contribution in [0.5, 0.6) is 11.5 Å². The number of nitrogens with one attached hydrogen (secondary N) is 1. The van der Waals surface area contributed by atoms with Gasteiger partial charge in [0.15, 0.2) is 29.8 Å². The highest BCUT2D eigenvalue weighted by Crippen LogP contribution is 2.30. The van der Waals surface area contributed by atoms with E-state index in [0.717, 1.165) is 5.56 Å². The SMILES string of the molecule is C=CCO[C@H]1[C@H](C)OC(=O)[C@@H](NC(=O)c2nccc(OC)c2OCC(=O)O)COC(=O)[C@@H]1Cc1ccccc1. The molecule has 1 aromatic carbocycles. The highest BCUT2D eigenvalue weighted by molar-refractivity contribution is 5.98. The number of hydrogen-bond acceptors (Lipinski definition) is 10. The Hall–Kier alpha value is -4.45. The van der Waals surface area contributed by atoms with Crippen LogP contribution in [0.25, 0.3) is 0 Å². The fourth-order valence-corrected chi connectivity index (χ4v) is 3.99. The summed E-state index contributed by atoms with van der Waals surface area (Å²) in [6.07, 6.45) is 1.28. The average molecular weight is 543 g/mol. The van der Waals surface area contributed by atoms with Gasteiger partial charge in [-0.15, -0.1) is 6.58 Å². The van der Waals surface area contributed by atoms with Gasteiger partial charge in [-0.3, -0.25) is 9.59 Å². The van der Waals surface area contributed by atoms with Crippen molar-refractivity contribution in [3.63, 3.8) is 0 Å². The Balaban J connectivity index is 1.85. The molecule has 1 amide bonds. The minimum absolute atomic E-state index is 0.0551. The van der Waals surface area contributed by atoms with Crippen molar-refractivity contribution in [2.24, 2.45) is 5.92 Å². The molecule has 1 fully saturated rings. The molecular weight excluding hydrogens is 512 g/mol. The second kappa shape index (κ2) is 13.9. The molecule has 1 aliphatic rings. The molecule has 4 atom stereocenters. The topological polar surface area (TPSA) is 160 Å². The lowest BCUT2D eigenvalue weighted by atomic mass is 9.91. The highest BCUT2D eigenvalue weighted by atomic mass is 16.6. The molecule has 0 saturated carbocycles. The van der Waals surface area contributed by atoms with Crippen molar-refractivity contribution in [3.8, 4) is 11.5 Å². The van der Waals surface area contributed by atoms with Crippen LogP contribution >= 0.6 is 0 Å². The van der Waals surface area contributed by atoms with Crippen molar-refractivity contribution in [1.82, 2.24) is 10.3 Å². The Kier molecular flexibility index (Phi) is 10.4. The number of aliphatic carboxylic acids is 1. The average Bonchev–Trinajstić information content (AvgIpc) is 2.96. The zero-order valence-corrected chi connectivity index (χ0v) is 21.5. The zero-order valence-electron chi connectivity index (χ0n) is 21.5. The number of methoxy groups -OCH3 is 1. The van der Waals surface area contributed by atoms with Crippen molar-refractivity contribution < 1.29 is 48.0 Å². The van der Waals surface area contributed by atoms with E-state index < -0.39 is 61.2 Å². The van der Waals surface area contributed by atoms with Gasteiger partial charge in [0.25, 0.3) is 5.91 Å². The molecule has 1 saturated heterocycles. The van der Waals surface area contributed by atoms with Crippen molar-refractivity contribution in [2.75, 3.05) is 26.9 Å². The number of benzene rings is 1. The maximum atomic E-state index is 13.2. The van der Waals surface area contributed by atoms with Crippen molar-refractivity contribution in [1.29, 1.82) is 0 Å². The van der Waals surface area contributed by atoms with E-state index >= 15 is 0 Å². The third-order valence-corrected chi connectivity index (χ3v) is 5.79. The molecule has 2 aromatic rings. The lowest BCUT2D eigenvalue weighted by molar-refractivity contribution is -0.163. The van der Waals surface area contributed by atoms with Gasteiger partial charge in [-0.05, 0) is 18.9 Å². The Morgan fingerprint density at radius 2 is 1.95 bits per heavy atom. The van der Waals surface area contributed by atoms with E-state index in [0.29, 0.717) is 0 Å². The first-order chi connectivity index (χ1) is 18.7. The number of aromatic nitrogens is 1. The zero-order chi connectivity index (χ0) is 28.4. The van der Waals surface area contributed by atoms with Crippen molar-refractivity contribution in [2.45, 2.75) is 31.6 Å². The first kappa shape index (κ1) is 29.1. The van der Waals surface area contributed by atoms with Crippen LogP contribution in [-0.4, -0.2) is 79.1 Å². The molecule has 12 heteroatoms. The van der Waals surface area contributed by atoms with E-state index in [-0.39, 0.29) is 30.2 Å². The second-order valence-corrected chi connectivity index (χ2v) is 8.55. The van der Waals surface area contributed by atoms with Gasteiger partial charge in [0, 0.05) is 12.3 Å². The van der Waals surface area contributed by atoms with Gasteiger partial charge in [-0.25, -0.2) is 14.6 Å². The molecule has 1 aromatic heterocycles. The van der Waals surface area contributed by atoms with Gasteiger partial charge in [-0.2, -0.15) is 0 Å². The fraction of sp³-hybridized carbons (Fsp3) is 0.370. The van der Waals surface area contributed by atoms with Gasteiger partial charge in [-0.1, -0.05) is 36.4 Å². The molecule has 1 aliphatic heterocycles. The monoisotopic (exact) mass is 542 g/mol. The number of carbonyl (C=O) groups excluding carboxylic acids is 3. The van der Waals surface area contributed by atoms with Gasteiger partial charge in [0.1, 0.15) is 18.8 Å². The highest BCUT2D eigenvalue weighted by Gasteiger charge is 2.40. The third kappa shape index (κ3) is 7.77. The summed E-state index contributed by atoms with van der Waals surface area (Å²) in [6, 6.07) is 9.22. The number of carboxylic acid groups (broad SMARTS) is 1. The predicted molar refractivity (Wildman–Crippen MR) is 135 cm³/mol. The summed E-state index contributed by atoms with van der Waals surface area (Å²) in [5, 5.41) is 11.4. The normalized spacial score (nSPS) is 21.3. The Morgan fingerprint density at radius 3 is 2.62 bits per heavy atom. The van der Waals surface area contributed by atoms with Crippen LogP contribution in [0, 0.1) is 5.92 Å². The summed E-state index contributed by atoms with van der Waals surface area (Å²) < 4.78 is 27.3. The number of hydrogen-bond donors (Lipinski definition) is 2. The van der Waals surface area contributed by atoms with Crippen molar-refractivity contribution in [3.05, 3.63) is 66.5 Å². The number of ether oxygens (including phenoxy) is 5. The number of cyclic esters (lactones) is 2. The summed E-state index contributed by atoms with van der Waals surface area (Å²) in [5.41, 5.74) is 0.518. The smallest absolute Gasteiger partial charge is 0.341 e. The van der Waals surface area contributed by atoms with Crippen molar-refractivity contribution >= 4 is 23.8 Å². The quantitative estimate of drug-likeness (QED) is 0.313. The van der Waals surface area contributed by atoms with Crippen LogP contribution in [0.4, 0.5) is 0 Å². The first-order valence-corrected chi connectivity index (χ1v) is 12.1. The van der Waals surface area contributed by atoms with E-state index in [9.17, 15) is 19.2 Å². The predicted octanol–water partition coefficient (Wildman–Crippen LogP) is 1.57. The molecule has 0 bridgehead atoms. The lowest BCUT2D eigenvalue weighted by Crippen LogP contribution is -2.46. The molecule has 0 aliphatic carbocycles. The number of rotatable bonds is 11. The molecule has 0 unspecified atom stereocenters. The van der Waals surface area contributed by atoms with Gasteiger partial charge in [0.05, 0.1) is 19.6 Å². The van der Waals surface area contributed by atoms with Crippen LogP contribution < -0.4 is 14.8 Å². The minimum atomic E-state index is -1.40. The largest absolute Gasteiger partial charge is 0.493 e. The molecule has 0 spiro atoms. The van der Waals surface area contributed by atoms with Crippen LogP contribution in [0.3, 0.4) is 0 Å². The van der Waals surface area contributed by atoms with Crippen LogP contribution in [0.2, 0.25) is 0 Å². The Bertz CT molecular complexity index is 1190. The van der Waals surface area contributed by atoms with Gasteiger partial charge in [0.2, 0.25) is 0 Å². The van der Waals surface area contributed by atoms with E-state index in [4.69, 9.17) is 28.8 Å². The summed E-state index contributed by atoms with van der Waals surface area (Å²) in [6.45, 7) is 4.04. The van der Waals surface area contributed by atoms with Crippen LogP contribution in [0.1, 0.15) is 23.0 Å². The second-order valence-electron chi connectivity index (χ2n) is 8.55. The number of pyridine rings is 1. The van der Waals surface area contributed by atoms with Gasteiger partial charge >= 0.3 is 17.9 Å². The summed E-state index contributed by atoms with van der Waals surface area (Å²) in [7, 11) is 1.30. The van der Waals surface area contributed by atoms with E-state index in [1.165, 1.54) is 25.4 Å². The number of esters is 2. The molecule has 12 nitrogen and oxygen atoms in total. The van der Waals surface area contributed by atoms with E-state index in [2.05, 4.69) is 16.9 Å². The number of carbonyl (C=O) groups is 4. The maximum Gasteiger partial charge on any atom is 0.341 e. The standard InChI is InChI=1S/C27H30N2O10/c1-4-12-36-23-16(2)39-27(34)19(14-38-26(33)18(23)13-17-8-6-5-7-9-17)29-25(32)22-24(37-15-21(30)31)20(35-3)10-11-28-22/h4-11,16,18-19,23H,1,12-15H2,2-3H3,(H,29,32)(H,30,31)/t16-,18+,19-,23-/m0/s1. The molecule has 0 radical (unpaired) electrons. The minimum Gasteiger partial charge on any atom is -0.493 e. The first-order valence-electron chi connectivity index (χ1n) is 12.1. The summed E-state index contributed by atoms with van der Waals surface area (Å²) in [4.78, 5) is 54.3. The number of amides is 1. The lowest BCUT2D eigenvalue weighted by Gasteiger charge is -2.29. The molecule has 2 N–H and O–H groups in total. The third-order valence-electron chi connectivity index (χ3n) is 5.79. The molecule has 39 heavy (non-hydrogen) atoms.